The first kappa shape index (κ1) is 23.9. The number of morpholine rings is 1. The molecule has 172 valence electrons. The molecule has 4 N–H and O–H groups in total. The minimum Gasteiger partial charge on any atom is -0.433 e. The number of nitrogens with zero attached hydrogens (tertiary/aromatic N) is 1. The summed E-state index contributed by atoms with van der Waals surface area (Å²) in [7, 11) is 0. The van der Waals surface area contributed by atoms with E-state index in [4.69, 9.17) is 22.1 Å². The third kappa shape index (κ3) is 6.13. The molecule has 0 unspecified atom stereocenters. The molecule has 1 fully saturated rings. The van der Waals surface area contributed by atoms with Gasteiger partial charge in [-0.2, -0.15) is 8.78 Å². The van der Waals surface area contributed by atoms with Gasteiger partial charge in [-0.1, -0.05) is 11.6 Å². The number of hydrogen-bond donors (Lipinski definition) is 3. The topological polar surface area (TPSA) is 123 Å². The molecule has 3 amide bonds. The van der Waals surface area contributed by atoms with Crippen LogP contribution in [0.25, 0.3) is 0 Å². The highest BCUT2D eigenvalue weighted by atomic mass is 35.5. The Labute approximate surface area is 190 Å². The molecule has 0 aliphatic carbocycles. The summed E-state index contributed by atoms with van der Waals surface area (Å²) in [6.07, 6.45) is 0. The summed E-state index contributed by atoms with van der Waals surface area (Å²) in [4.78, 5) is 38.2. The van der Waals surface area contributed by atoms with Crippen LogP contribution < -0.4 is 26.0 Å². The van der Waals surface area contributed by atoms with Gasteiger partial charge in [-0.25, -0.2) is 0 Å². The van der Waals surface area contributed by atoms with Crippen LogP contribution in [0.3, 0.4) is 0 Å². The molecular formula is C19H19ClF2N4O5S. The number of nitrogens with two attached hydrogens (primary N) is 1. The van der Waals surface area contributed by atoms with E-state index >= 15 is 0 Å². The number of benzene rings is 1. The van der Waals surface area contributed by atoms with Crippen molar-refractivity contribution in [1.29, 1.82) is 0 Å². The zero-order valence-corrected chi connectivity index (χ0v) is 18.1. The third-order valence-electron chi connectivity index (χ3n) is 4.35. The Morgan fingerprint density at radius 1 is 1.31 bits per heavy atom. The number of ether oxygens (including phenoxy) is 2. The lowest BCUT2D eigenvalue weighted by Gasteiger charge is -2.27. The summed E-state index contributed by atoms with van der Waals surface area (Å²) in [6, 6.07) is 5.94. The van der Waals surface area contributed by atoms with Gasteiger partial charge in [0.2, 0.25) is 5.91 Å². The molecule has 32 heavy (non-hydrogen) atoms. The average molecular weight is 489 g/mol. The molecule has 1 aromatic carbocycles. The number of rotatable bonds is 8. The first-order valence-corrected chi connectivity index (χ1v) is 10.5. The van der Waals surface area contributed by atoms with Crippen LogP contribution in [-0.2, 0) is 14.3 Å². The number of carbonyl (C=O) groups excluding carboxylic acids is 3. The molecule has 9 nitrogen and oxygen atoms in total. The molecule has 1 aliphatic rings. The van der Waals surface area contributed by atoms with Crippen molar-refractivity contribution < 1.29 is 32.6 Å². The molecule has 1 aromatic heterocycles. The fraction of sp³-hybridized carbons (Fsp3) is 0.316. The molecule has 3 rings (SSSR count). The Morgan fingerprint density at radius 3 is 2.75 bits per heavy atom. The van der Waals surface area contributed by atoms with Crippen molar-refractivity contribution in [1.82, 2.24) is 5.32 Å². The monoisotopic (exact) mass is 488 g/mol. The molecular weight excluding hydrogens is 470 g/mol. The molecule has 13 heteroatoms. The van der Waals surface area contributed by atoms with E-state index in [2.05, 4.69) is 15.4 Å². The van der Waals surface area contributed by atoms with Crippen LogP contribution in [-0.4, -0.2) is 56.7 Å². The zero-order chi connectivity index (χ0) is 23.3. The van der Waals surface area contributed by atoms with Gasteiger partial charge in [-0.15, -0.1) is 11.3 Å². The molecule has 2 aromatic rings. The van der Waals surface area contributed by atoms with E-state index in [0.29, 0.717) is 21.5 Å². The molecule has 1 aliphatic heterocycles. The number of carbonyl (C=O) groups is 3. The predicted molar refractivity (Wildman–Crippen MR) is 115 cm³/mol. The van der Waals surface area contributed by atoms with Gasteiger partial charge in [0.1, 0.15) is 12.6 Å². The molecule has 1 atom stereocenters. The van der Waals surface area contributed by atoms with Gasteiger partial charge < -0.3 is 30.7 Å². The van der Waals surface area contributed by atoms with Crippen molar-refractivity contribution in [3.63, 3.8) is 0 Å². The van der Waals surface area contributed by atoms with Crippen molar-refractivity contribution in [2.75, 3.05) is 36.5 Å². The Bertz CT molecular complexity index is 1010. The van der Waals surface area contributed by atoms with Gasteiger partial charge in [-0.05, 0) is 24.3 Å². The highest BCUT2D eigenvalue weighted by Crippen LogP contribution is 2.32. The number of anilines is 2. The van der Waals surface area contributed by atoms with E-state index in [9.17, 15) is 23.2 Å². The van der Waals surface area contributed by atoms with Gasteiger partial charge >= 0.3 is 6.61 Å². The normalized spacial score (nSPS) is 14.9. The maximum Gasteiger partial charge on any atom is 0.387 e. The standard InChI is InChI=1S/C19H19ClF2N4O5S/c20-15-4-3-14(32-15)18(29)24-8-11(23)17(28)25-12-2-1-10(7-13(12)31-19(21)22)26-5-6-30-9-16(26)27/h1-4,7,11,19H,5-6,8-9,23H2,(H,24,29)(H,25,28)/t11-/m0/s1. The second-order valence-electron chi connectivity index (χ2n) is 6.57. The quantitative estimate of drug-likeness (QED) is 0.522. The molecule has 2 heterocycles. The van der Waals surface area contributed by atoms with E-state index in [1.165, 1.54) is 29.2 Å². The van der Waals surface area contributed by atoms with Crippen LogP contribution in [0.4, 0.5) is 20.2 Å². The second-order valence-corrected chi connectivity index (χ2v) is 8.28. The minimum absolute atomic E-state index is 0.0634. The fourth-order valence-corrected chi connectivity index (χ4v) is 3.77. The lowest BCUT2D eigenvalue weighted by atomic mass is 10.2. The Morgan fingerprint density at radius 2 is 2.09 bits per heavy atom. The second kappa shape index (κ2) is 10.7. The molecule has 0 bridgehead atoms. The number of nitrogens with one attached hydrogen (secondary N) is 2. The summed E-state index contributed by atoms with van der Waals surface area (Å²) in [5, 5.41) is 4.91. The van der Waals surface area contributed by atoms with Crippen LogP contribution in [0.1, 0.15) is 9.67 Å². The molecule has 1 saturated heterocycles. The minimum atomic E-state index is -3.16. The zero-order valence-electron chi connectivity index (χ0n) is 16.5. The summed E-state index contributed by atoms with van der Waals surface area (Å²) < 4.78 is 35.8. The van der Waals surface area contributed by atoms with Gasteiger partial charge in [0, 0.05) is 24.8 Å². The summed E-state index contributed by atoms with van der Waals surface area (Å²) in [6.45, 7) is -2.94. The summed E-state index contributed by atoms with van der Waals surface area (Å²) in [5.41, 5.74) is 6.06. The van der Waals surface area contributed by atoms with Crippen molar-refractivity contribution in [2.24, 2.45) is 5.73 Å². The van der Waals surface area contributed by atoms with Crippen molar-refractivity contribution in [3.05, 3.63) is 39.5 Å². The maximum absolute atomic E-state index is 12.9. The molecule has 0 radical (unpaired) electrons. The van der Waals surface area contributed by atoms with Crippen molar-refractivity contribution in [2.45, 2.75) is 12.7 Å². The lowest BCUT2D eigenvalue weighted by Crippen LogP contribution is -2.45. The smallest absolute Gasteiger partial charge is 0.387 e. The van der Waals surface area contributed by atoms with Crippen molar-refractivity contribution >= 4 is 52.0 Å². The maximum atomic E-state index is 12.9. The molecule has 0 saturated carbocycles. The fourth-order valence-electron chi connectivity index (χ4n) is 2.81. The Balaban J connectivity index is 1.66. The lowest BCUT2D eigenvalue weighted by molar-refractivity contribution is -0.125. The summed E-state index contributed by atoms with van der Waals surface area (Å²) in [5.74, 6) is -1.86. The van der Waals surface area contributed by atoms with Gasteiger partial charge in [-0.3, -0.25) is 14.4 Å². The van der Waals surface area contributed by atoms with E-state index in [0.717, 1.165) is 11.3 Å². The first-order chi connectivity index (χ1) is 15.2. The van der Waals surface area contributed by atoms with Gasteiger partial charge in [0.15, 0.2) is 5.75 Å². The number of halogens is 3. The third-order valence-corrected chi connectivity index (χ3v) is 5.58. The van der Waals surface area contributed by atoms with Crippen LogP contribution in [0.5, 0.6) is 5.75 Å². The van der Waals surface area contributed by atoms with Crippen molar-refractivity contribution in [3.8, 4) is 5.75 Å². The van der Waals surface area contributed by atoms with Gasteiger partial charge in [0.05, 0.1) is 21.5 Å². The average Bonchev–Trinajstić information content (AvgIpc) is 3.19. The summed E-state index contributed by atoms with van der Waals surface area (Å²) >= 11 is 6.85. The Kier molecular flexibility index (Phi) is 7.96. The van der Waals surface area contributed by atoms with Crippen LogP contribution >= 0.6 is 22.9 Å². The molecule has 0 spiro atoms. The van der Waals surface area contributed by atoms with Gasteiger partial charge in [0.25, 0.3) is 11.8 Å². The number of thiophene rings is 1. The van der Waals surface area contributed by atoms with E-state index in [-0.39, 0.29) is 37.0 Å². The highest BCUT2D eigenvalue weighted by molar-refractivity contribution is 7.18. The highest BCUT2D eigenvalue weighted by Gasteiger charge is 2.23. The van der Waals surface area contributed by atoms with E-state index < -0.39 is 24.5 Å². The predicted octanol–water partition coefficient (Wildman–Crippen LogP) is 2.06. The number of alkyl halides is 2. The van der Waals surface area contributed by atoms with E-state index in [1.807, 2.05) is 0 Å². The van der Waals surface area contributed by atoms with E-state index in [1.54, 1.807) is 6.07 Å². The first-order valence-electron chi connectivity index (χ1n) is 9.31. The van der Waals surface area contributed by atoms with Crippen LogP contribution in [0, 0.1) is 0 Å². The Hall–Kier alpha value is -2.80. The number of hydrogen-bond acceptors (Lipinski definition) is 7. The van der Waals surface area contributed by atoms with Crippen LogP contribution in [0.2, 0.25) is 4.34 Å². The number of amides is 3. The van der Waals surface area contributed by atoms with Crippen LogP contribution in [0.15, 0.2) is 30.3 Å². The SMILES string of the molecule is N[C@@H](CNC(=O)c1ccc(Cl)s1)C(=O)Nc1ccc(N2CCOCC2=O)cc1OC(F)F. The largest absolute Gasteiger partial charge is 0.433 e.